The Bertz CT molecular complexity index is 726. The van der Waals surface area contributed by atoms with E-state index in [0.29, 0.717) is 24.9 Å². The number of thioether (sulfide) groups is 1. The van der Waals surface area contributed by atoms with Crippen molar-refractivity contribution in [3.8, 4) is 0 Å². The van der Waals surface area contributed by atoms with Gasteiger partial charge < -0.3 is 9.64 Å². The van der Waals surface area contributed by atoms with E-state index in [1.807, 2.05) is 12.1 Å². The van der Waals surface area contributed by atoms with Gasteiger partial charge in [0.25, 0.3) is 0 Å². The molecule has 0 aromatic carbocycles. The van der Waals surface area contributed by atoms with Gasteiger partial charge in [-0.2, -0.15) is 0 Å². The summed E-state index contributed by atoms with van der Waals surface area (Å²) in [4.78, 5) is 15.3. The quantitative estimate of drug-likeness (QED) is 0.480. The zero-order valence-corrected chi connectivity index (χ0v) is 17.5. The normalized spacial score (nSPS) is 15.1. The molecule has 0 unspecified atom stereocenters. The summed E-state index contributed by atoms with van der Waals surface area (Å²) in [5.74, 6) is 1.84. The fourth-order valence-electron chi connectivity index (χ4n) is 2.58. The number of aromatic nitrogens is 3. The molecule has 0 atom stereocenters. The number of ketones is 1. The van der Waals surface area contributed by atoms with E-state index in [1.165, 1.54) is 23.1 Å². The van der Waals surface area contributed by atoms with Crippen molar-refractivity contribution in [1.29, 1.82) is 0 Å². The van der Waals surface area contributed by atoms with Gasteiger partial charge in [-0.3, -0.25) is 9.36 Å². The first-order valence-electron chi connectivity index (χ1n) is 8.22. The first-order chi connectivity index (χ1) is 12.0. The van der Waals surface area contributed by atoms with Gasteiger partial charge in [0.1, 0.15) is 0 Å². The standard InChI is InChI=1S/C16H21BrN4O2S2/c1-11(2)9-21-15(20-5-7-23-8-6-20)18-19-16(21)24-10-12(22)13-3-4-14(17)25-13/h3-4,11H,5-10H2,1-2H3. The molecule has 136 valence electrons. The van der Waals surface area contributed by atoms with Gasteiger partial charge in [0.15, 0.2) is 10.9 Å². The van der Waals surface area contributed by atoms with Crippen molar-refractivity contribution in [3.05, 3.63) is 20.8 Å². The molecule has 0 saturated carbocycles. The maximum atomic E-state index is 12.4. The molecule has 9 heteroatoms. The van der Waals surface area contributed by atoms with Crippen LogP contribution in [-0.4, -0.2) is 52.6 Å². The summed E-state index contributed by atoms with van der Waals surface area (Å²) in [5, 5.41) is 9.55. The number of carbonyl (C=O) groups is 1. The van der Waals surface area contributed by atoms with Crippen LogP contribution in [0.15, 0.2) is 21.1 Å². The first-order valence-corrected chi connectivity index (χ1v) is 10.8. The summed E-state index contributed by atoms with van der Waals surface area (Å²) >= 11 is 6.32. The van der Waals surface area contributed by atoms with Gasteiger partial charge in [0.05, 0.1) is 27.6 Å². The maximum Gasteiger partial charge on any atom is 0.228 e. The van der Waals surface area contributed by atoms with Crippen LogP contribution in [0.25, 0.3) is 0 Å². The number of Topliss-reactive ketones (excluding diaryl/α,β-unsaturated/α-hetero) is 1. The average Bonchev–Trinajstić information content (AvgIpc) is 3.20. The second-order valence-electron chi connectivity index (χ2n) is 6.20. The van der Waals surface area contributed by atoms with Gasteiger partial charge in [-0.25, -0.2) is 0 Å². The highest BCUT2D eigenvalue weighted by Gasteiger charge is 2.22. The fraction of sp³-hybridized carbons (Fsp3) is 0.562. The lowest BCUT2D eigenvalue weighted by molar-refractivity contribution is 0.102. The third-order valence-corrected chi connectivity index (χ3v) is 6.35. The molecule has 0 spiro atoms. The van der Waals surface area contributed by atoms with Crippen molar-refractivity contribution in [2.45, 2.75) is 25.5 Å². The lowest BCUT2D eigenvalue weighted by Gasteiger charge is -2.28. The van der Waals surface area contributed by atoms with Crippen LogP contribution in [0, 0.1) is 5.92 Å². The number of halogens is 1. The number of nitrogens with zero attached hydrogens (tertiary/aromatic N) is 4. The van der Waals surface area contributed by atoms with Crippen LogP contribution >= 0.6 is 39.0 Å². The fourth-order valence-corrected chi connectivity index (χ4v) is 4.82. The van der Waals surface area contributed by atoms with Crippen LogP contribution in [0.1, 0.15) is 23.5 Å². The zero-order chi connectivity index (χ0) is 17.8. The molecule has 2 aromatic rings. The summed E-state index contributed by atoms with van der Waals surface area (Å²) in [6.07, 6.45) is 0. The van der Waals surface area contributed by atoms with Gasteiger partial charge >= 0.3 is 0 Å². The molecule has 0 radical (unpaired) electrons. The summed E-state index contributed by atoms with van der Waals surface area (Å²) in [7, 11) is 0. The van der Waals surface area contributed by atoms with Crippen LogP contribution < -0.4 is 4.90 Å². The molecule has 1 aliphatic rings. The molecule has 3 rings (SSSR count). The van der Waals surface area contributed by atoms with Crippen LogP contribution in [0.4, 0.5) is 5.95 Å². The zero-order valence-electron chi connectivity index (χ0n) is 14.3. The van der Waals surface area contributed by atoms with Crippen LogP contribution in [0.5, 0.6) is 0 Å². The number of hydrogen-bond donors (Lipinski definition) is 0. The first kappa shape index (κ1) is 18.9. The molecule has 2 aromatic heterocycles. The Labute approximate surface area is 164 Å². The Hall–Kier alpha value is -0.900. The van der Waals surface area contributed by atoms with E-state index in [2.05, 4.69) is 49.4 Å². The van der Waals surface area contributed by atoms with E-state index in [0.717, 1.165) is 39.4 Å². The predicted molar refractivity (Wildman–Crippen MR) is 105 cm³/mol. The number of rotatable bonds is 7. The van der Waals surface area contributed by atoms with Crippen LogP contribution in [-0.2, 0) is 11.3 Å². The highest BCUT2D eigenvalue weighted by molar-refractivity contribution is 9.11. The highest BCUT2D eigenvalue weighted by Crippen LogP contribution is 2.27. The minimum absolute atomic E-state index is 0.118. The van der Waals surface area contributed by atoms with E-state index in [4.69, 9.17) is 4.74 Å². The van der Waals surface area contributed by atoms with Crippen LogP contribution in [0.3, 0.4) is 0 Å². The lowest BCUT2D eigenvalue weighted by Crippen LogP contribution is -2.38. The molecule has 25 heavy (non-hydrogen) atoms. The largest absolute Gasteiger partial charge is 0.378 e. The summed E-state index contributed by atoms with van der Waals surface area (Å²) < 4.78 is 8.54. The number of thiophene rings is 1. The van der Waals surface area contributed by atoms with Gasteiger partial charge in [-0.1, -0.05) is 25.6 Å². The molecular formula is C16H21BrN4O2S2. The second-order valence-corrected chi connectivity index (χ2v) is 9.61. The lowest BCUT2D eigenvalue weighted by atomic mass is 10.2. The van der Waals surface area contributed by atoms with Crippen molar-refractivity contribution >= 4 is 50.8 Å². The van der Waals surface area contributed by atoms with E-state index in [-0.39, 0.29) is 5.78 Å². The van der Waals surface area contributed by atoms with Gasteiger partial charge in [0, 0.05) is 19.6 Å². The topological polar surface area (TPSA) is 60.2 Å². The molecule has 6 nitrogen and oxygen atoms in total. The van der Waals surface area contributed by atoms with E-state index >= 15 is 0 Å². The second kappa shape index (κ2) is 8.66. The Balaban J connectivity index is 1.73. The Morgan fingerprint density at radius 2 is 2.12 bits per heavy atom. The van der Waals surface area contributed by atoms with E-state index in [1.54, 1.807) is 0 Å². The van der Waals surface area contributed by atoms with Crippen LogP contribution in [0.2, 0.25) is 0 Å². The van der Waals surface area contributed by atoms with Crippen molar-refractivity contribution in [3.63, 3.8) is 0 Å². The molecule has 3 heterocycles. The van der Waals surface area contributed by atoms with Gasteiger partial charge in [0.2, 0.25) is 5.95 Å². The summed E-state index contributed by atoms with van der Waals surface area (Å²) in [6.45, 7) is 8.25. The van der Waals surface area contributed by atoms with E-state index < -0.39 is 0 Å². The van der Waals surface area contributed by atoms with Crippen molar-refractivity contribution in [1.82, 2.24) is 14.8 Å². The monoisotopic (exact) mass is 444 g/mol. The molecule has 1 saturated heterocycles. The molecule has 0 N–H and O–H groups in total. The maximum absolute atomic E-state index is 12.4. The third-order valence-electron chi connectivity index (χ3n) is 3.72. The number of morpholine rings is 1. The minimum Gasteiger partial charge on any atom is -0.378 e. The predicted octanol–water partition coefficient (Wildman–Crippen LogP) is 3.57. The van der Waals surface area contributed by atoms with Crippen molar-refractivity contribution in [2.75, 3.05) is 37.0 Å². The Morgan fingerprint density at radius 1 is 1.36 bits per heavy atom. The highest BCUT2D eigenvalue weighted by atomic mass is 79.9. The molecular weight excluding hydrogens is 424 g/mol. The number of hydrogen-bond acceptors (Lipinski definition) is 7. The van der Waals surface area contributed by atoms with Gasteiger partial charge in [-0.15, -0.1) is 21.5 Å². The Kier molecular flexibility index (Phi) is 6.54. The number of carbonyl (C=O) groups excluding carboxylic acids is 1. The summed E-state index contributed by atoms with van der Waals surface area (Å²) in [6, 6.07) is 3.76. The molecule has 0 amide bonds. The van der Waals surface area contributed by atoms with Crippen molar-refractivity contribution in [2.24, 2.45) is 5.92 Å². The Morgan fingerprint density at radius 3 is 2.76 bits per heavy atom. The van der Waals surface area contributed by atoms with Gasteiger partial charge in [-0.05, 0) is 34.0 Å². The SMILES string of the molecule is CC(C)Cn1c(SCC(=O)c2ccc(Br)s2)nnc1N1CCOCC1. The number of ether oxygens (including phenoxy) is 1. The average molecular weight is 445 g/mol. The number of anilines is 1. The molecule has 1 aliphatic heterocycles. The van der Waals surface area contributed by atoms with E-state index in [9.17, 15) is 4.79 Å². The van der Waals surface area contributed by atoms with Crippen molar-refractivity contribution < 1.29 is 9.53 Å². The molecule has 0 bridgehead atoms. The summed E-state index contributed by atoms with van der Waals surface area (Å²) in [5.41, 5.74) is 0. The molecule has 1 fully saturated rings. The smallest absolute Gasteiger partial charge is 0.228 e. The molecule has 0 aliphatic carbocycles. The minimum atomic E-state index is 0.118. The third kappa shape index (κ3) is 4.84.